The minimum Gasteiger partial charge on any atom is -0.383 e. The molecule has 114 valence electrons. The van der Waals surface area contributed by atoms with Gasteiger partial charge in [0.15, 0.2) is 0 Å². The summed E-state index contributed by atoms with van der Waals surface area (Å²) in [6, 6.07) is 8.49. The third-order valence-corrected chi connectivity index (χ3v) is 4.86. The highest BCUT2D eigenvalue weighted by Crippen LogP contribution is 2.20. The van der Waals surface area contributed by atoms with Gasteiger partial charge in [-0.3, -0.25) is 4.98 Å². The second-order valence-corrected chi connectivity index (χ2v) is 6.92. The summed E-state index contributed by atoms with van der Waals surface area (Å²) in [7, 11) is -2.03. The Hall–Kier alpha value is -1.21. The van der Waals surface area contributed by atoms with Crippen LogP contribution in [0.4, 0.5) is 0 Å². The lowest BCUT2D eigenvalue weighted by Gasteiger charge is -2.11. The lowest BCUT2D eigenvalue weighted by Crippen LogP contribution is -2.27. The van der Waals surface area contributed by atoms with Crippen LogP contribution in [-0.2, 0) is 14.8 Å². The number of alkyl halides is 1. The van der Waals surface area contributed by atoms with Crippen molar-refractivity contribution in [3.8, 4) is 0 Å². The van der Waals surface area contributed by atoms with E-state index in [9.17, 15) is 8.42 Å². The maximum Gasteiger partial charge on any atom is 0.241 e. The Kier molecular flexibility index (Phi) is 5.52. The second-order valence-electron chi connectivity index (χ2n) is 4.57. The average Bonchev–Trinajstić information content (AvgIpc) is 2.46. The predicted molar refractivity (Wildman–Crippen MR) is 83.1 cm³/mol. The molecule has 1 unspecified atom stereocenters. The van der Waals surface area contributed by atoms with Crippen LogP contribution in [0.25, 0.3) is 10.9 Å². The monoisotopic (exact) mass is 328 g/mol. The number of ether oxygens (including phenoxy) is 1. The van der Waals surface area contributed by atoms with E-state index in [2.05, 4.69) is 9.71 Å². The molecule has 0 aliphatic carbocycles. The van der Waals surface area contributed by atoms with Crippen LogP contribution in [0.3, 0.4) is 0 Å². The molecule has 1 aromatic heterocycles. The summed E-state index contributed by atoms with van der Waals surface area (Å²) in [5, 5.41) is 0.388. The van der Waals surface area contributed by atoms with E-state index in [1.54, 1.807) is 43.6 Å². The Bertz CT molecular complexity index is 701. The first-order valence-corrected chi connectivity index (χ1v) is 8.43. The molecule has 0 radical (unpaired) electrons. The van der Waals surface area contributed by atoms with Crippen molar-refractivity contribution in [2.75, 3.05) is 20.3 Å². The fraction of sp³-hybridized carbons (Fsp3) is 0.357. The van der Waals surface area contributed by atoms with Gasteiger partial charge in [0.05, 0.1) is 22.4 Å². The van der Waals surface area contributed by atoms with E-state index >= 15 is 0 Å². The van der Waals surface area contributed by atoms with E-state index in [4.69, 9.17) is 16.3 Å². The molecule has 0 saturated carbocycles. The van der Waals surface area contributed by atoms with Crippen molar-refractivity contribution < 1.29 is 13.2 Å². The van der Waals surface area contributed by atoms with Crippen LogP contribution >= 0.6 is 11.6 Å². The molecule has 0 aliphatic heterocycles. The average molecular weight is 329 g/mol. The van der Waals surface area contributed by atoms with Crippen LogP contribution in [0, 0.1) is 0 Å². The van der Waals surface area contributed by atoms with Gasteiger partial charge in [-0.05, 0) is 30.7 Å². The molecule has 5 nitrogen and oxygen atoms in total. The Morgan fingerprint density at radius 3 is 2.90 bits per heavy atom. The minimum absolute atomic E-state index is 0.216. The van der Waals surface area contributed by atoms with Gasteiger partial charge in [-0.15, -0.1) is 11.6 Å². The molecule has 1 aromatic carbocycles. The Balaban J connectivity index is 2.15. The van der Waals surface area contributed by atoms with Gasteiger partial charge in [0.25, 0.3) is 0 Å². The molecule has 0 aliphatic rings. The zero-order valence-corrected chi connectivity index (χ0v) is 13.2. The van der Waals surface area contributed by atoms with Crippen LogP contribution in [0.1, 0.15) is 6.42 Å². The molecule has 0 fully saturated rings. The van der Waals surface area contributed by atoms with Gasteiger partial charge in [0.2, 0.25) is 10.0 Å². The topological polar surface area (TPSA) is 68.3 Å². The summed E-state index contributed by atoms with van der Waals surface area (Å²) < 4.78 is 32.2. The Morgan fingerprint density at radius 2 is 2.14 bits per heavy atom. The number of hydrogen-bond acceptors (Lipinski definition) is 4. The molecular weight excluding hydrogens is 312 g/mol. The minimum atomic E-state index is -3.59. The van der Waals surface area contributed by atoms with Crippen molar-refractivity contribution in [3.05, 3.63) is 36.5 Å². The molecule has 7 heteroatoms. The van der Waals surface area contributed by atoms with Crippen molar-refractivity contribution in [1.82, 2.24) is 9.71 Å². The standard InChI is InChI=1S/C14H17ClN2O3S/c1-20-10-11(15)7-9-17-21(18,19)14-6-2-5-13-12(14)4-3-8-16-13/h2-6,8,11,17H,7,9-10H2,1H3. The van der Waals surface area contributed by atoms with Gasteiger partial charge in [-0.2, -0.15) is 0 Å². The number of methoxy groups -OCH3 is 1. The predicted octanol–water partition coefficient (Wildman–Crippen LogP) is 2.16. The molecule has 0 bridgehead atoms. The first kappa shape index (κ1) is 16.2. The van der Waals surface area contributed by atoms with Crippen LogP contribution < -0.4 is 4.72 Å². The number of rotatable bonds is 7. The third kappa shape index (κ3) is 4.14. The molecule has 0 amide bonds. The number of aromatic nitrogens is 1. The summed E-state index contributed by atoms with van der Waals surface area (Å²) in [4.78, 5) is 4.39. The molecule has 1 N–H and O–H groups in total. The lowest BCUT2D eigenvalue weighted by molar-refractivity contribution is 0.196. The van der Waals surface area contributed by atoms with Crippen molar-refractivity contribution in [2.45, 2.75) is 16.7 Å². The van der Waals surface area contributed by atoms with Gasteiger partial charge in [0.1, 0.15) is 0 Å². The molecule has 21 heavy (non-hydrogen) atoms. The number of benzene rings is 1. The molecule has 2 aromatic rings. The van der Waals surface area contributed by atoms with Gasteiger partial charge in [-0.1, -0.05) is 6.07 Å². The fourth-order valence-corrected chi connectivity index (χ4v) is 3.50. The molecule has 0 spiro atoms. The van der Waals surface area contributed by atoms with Crippen molar-refractivity contribution in [1.29, 1.82) is 0 Å². The number of nitrogens with zero attached hydrogens (tertiary/aromatic N) is 1. The van der Waals surface area contributed by atoms with Crippen LogP contribution in [0.5, 0.6) is 0 Å². The first-order valence-electron chi connectivity index (χ1n) is 6.51. The zero-order valence-electron chi connectivity index (χ0n) is 11.6. The number of nitrogens with one attached hydrogen (secondary N) is 1. The third-order valence-electron chi connectivity index (χ3n) is 2.99. The van der Waals surface area contributed by atoms with E-state index in [1.165, 1.54) is 0 Å². The first-order chi connectivity index (χ1) is 10.0. The summed E-state index contributed by atoms with van der Waals surface area (Å²) in [5.74, 6) is 0. The summed E-state index contributed by atoms with van der Waals surface area (Å²) in [6.45, 7) is 0.651. The van der Waals surface area contributed by atoms with E-state index in [0.717, 1.165) is 0 Å². The van der Waals surface area contributed by atoms with Gasteiger partial charge >= 0.3 is 0 Å². The summed E-state index contributed by atoms with van der Waals surface area (Å²) in [5.41, 5.74) is 0.648. The lowest BCUT2D eigenvalue weighted by atomic mass is 10.2. The van der Waals surface area contributed by atoms with E-state index < -0.39 is 10.0 Å². The quantitative estimate of drug-likeness (QED) is 0.791. The maximum absolute atomic E-state index is 12.4. The summed E-state index contributed by atoms with van der Waals surface area (Å²) in [6.07, 6.45) is 2.13. The Labute approximate surface area is 129 Å². The van der Waals surface area contributed by atoms with E-state index in [1.807, 2.05) is 0 Å². The van der Waals surface area contributed by atoms with Crippen LogP contribution in [0.2, 0.25) is 0 Å². The highest BCUT2D eigenvalue weighted by atomic mass is 35.5. The highest BCUT2D eigenvalue weighted by Gasteiger charge is 2.17. The molecular formula is C14H17ClN2O3S. The number of fused-ring (bicyclic) bond motifs is 1. The number of sulfonamides is 1. The van der Waals surface area contributed by atoms with E-state index in [0.29, 0.717) is 23.9 Å². The SMILES string of the molecule is COCC(Cl)CCNS(=O)(=O)c1cccc2ncccc12. The van der Waals surface area contributed by atoms with Gasteiger partial charge in [-0.25, -0.2) is 13.1 Å². The Morgan fingerprint density at radius 1 is 1.33 bits per heavy atom. The fourth-order valence-electron chi connectivity index (χ4n) is 2.00. The van der Waals surface area contributed by atoms with E-state index in [-0.39, 0.29) is 16.8 Å². The zero-order chi connectivity index (χ0) is 15.3. The van der Waals surface area contributed by atoms with Gasteiger partial charge in [0, 0.05) is 25.2 Å². The second kappa shape index (κ2) is 7.17. The number of hydrogen-bond donors (Lipinski definition) is 1. The molecule has 1 heterocycles. The van der Waals surface area contributed by atoms with Crippen LogP contribution in [-0.4, -0.2) is 39.0 Å². The van der Waals surface area contributed by atoms with Crippen LogP contribution in [0.15, 0.2) is 41.4 Å². The maximum atomic E-state index is 12.4. The van der Waals surface area contributed by atoms with Crippen molar-refractivity contribution in [3.63, 3.8) is 0 Å². The smallest absolute Gasteiger partial charge is 0.241 e. The summed E-state index contributed by atoms with van der Waals surface area (Å²) >= 11 is 5.98. The molecule has 0 saturated heterocycles. The van der Waals surface area contributed by atoms with Gasteiger partial charge < -0.3 is 4.74 Å². The van der Waals surface area contributed by atoms with Crippen molar-refractivity contribution in [2.24, 2.45) is 0 Å². The van der Waals surface area contributed by atoms with Crippen molar-refractivity contribution >= 4 is 32.5 Å². The molecule has 1 atom stereocenters. The molecule has 2 rings (SSSR count). The highest BCUT2D eigenvalue weighted by molar-refractivity contribution is 7.89. The number of pyridine rings is 1. The normalized spacial score (nSPS) is 13.4. The number of halogens is 1. The largest absolute Gasteiger partial charge is 0.383 e.